The molecule has 0 saturated carbocycles. The zero-order chi connectivity index (χ0) is 14.5. The van der Waals surface area contributed by atoms with Crippen molar-refractivity contribution in [2.24, 2.45) is 0 Å². The highest BCUT2D eigenvalue weighted by molar-refractivity contribution is 5.67. The molecule has 3 rings (SSSR count). The van der Waals surface area contributed by atoms with Crippen LogP contribution in [0.2, 0.25) is 0 Å². The summed E-state index contributed by atoms with van der Waals surface area (Å²) in [5.41, 5.74) is 2.31. The molecule has 1 N–H and O–H groups in total. The Hall–Kier alpha value is -2.07. The second-order valence-electron chi connectivity index (χ2n) is 5.13. The van der Waals surface area contributed by atoms with Gasteiger partial charge in [-0.2, -0.15) is 0 Å². The van der Waals surface area contributed by atoms with Crippen molar-refractivity contribution in [2.75, 3.05) is 24.6 Å². The molecular weight excluding hydrogens is 262 g/mol. The van der Waals surface area contributed by atoms with E-state index in [0.29, 0.717) is 0 Å². The van der Waals surface area contributed by atoms with Crippen LogP contribution in [0, 0.1) is 0 Å². The molecule has 0 saturated heterocycles. The van der Waals surface area contributed by atoms with Gasteiger partial charge in [-0.3, -0.25) is 0 Å². The maximum absolute atomic E-state index is 5.80. The highest BCUT2D eigenvalue weighted by atomic mass is 16.5. The number of anilines is 2. The number of benzene rings is 1. The molecule has 4 nitrogen and oxygen atoms in total. The minimum Gasteiger partial charge on any atom is -0.491 e. The molecule has 0 unspecified atom stereocenters. The molecule has 2 aromatic rings. The summed E-state index contributed by atoms with van der Waals surface area (Å²) in [5.74, 6) is 1.92. The Labute approximate surface area is 125 Å². The molecule has 0 aliphatic carbocycles. The van der Waals surface area contributed by atoms with Gasteiger partial charge in [-0.1, -0.05) is 25.1 Å². The fourth-order valence-corrected chi connectivity index (χ4v) is 2.52. The molecule has 0 amide bonds. The molecule has 21 heavy (non-hydrogen) atoms. The molecular formula is C17H21N3O. The summed E-state index contributed by atoms with van der Waals surface area (Å²) < 4.78 is 5.80. The van der Waals surface area contributed by atoms with E-state index >= 15 is 0 Å². The summed E-state index contributed by atoms with van der Waals surface area (Å²) in [6.07, 6.45) is 2.95. The number of nitrogens with zero attached hydrogens (tertiary/aromatic N) is 2. The molecule has 1 aromatic heterocycles. The first-order chi connectivity index (χ1) is 10.4. The maximum atomic E-state index is 5.80. The highest BCUT2D eigenvalue weighted by Gasteiger charge is 2.18. The van der Waals surface area contributed by atoms with Crippen molar-refractivity contribution in [2.45, 2.75) is 19.9 Å². The van der Waals surface area contributed by atoms with Crippen molar-refractivity contribution >= 4 is 11.5 Å². The third kappa shape index (κ3) is 3.16. The van der Waals surface area contributed by atoms with Crippen molar-refractivity contribution in [3.63, 3.8) is 0 Å². The molecule has 1 aliphatic rings. The zero-order valence-corrected chi connectivity index (χ0v) is 12.4. The zero-order valence-electron chi connectivity index (χ0n) is 12.4. The van der Waals surface area contributed by atoms with Gasteiger partial charge < -0.3 is 15.0 Å². The molecule has 0 atom stereocenters. The minimum atomic E-state index is 0.756. The standard InChI is InChI=1S/C17H21N3O/c1-2-18-12-14-8-9-17(19-13-14)20-10-5-11-21-16-7-4-3-6-15(16)20/h3-4,6-9,13,18H,2,5,10-12H2,1H3. The Kier molecular flexibility index (Phi) is 4.36. The summed E-state index contributed by atoms with van der Waals surface area (Å²) in [6.45, 7) is 5.63. The lowest BCUT2D eigenvalue weighted by atomic mass is 10.2. The molecule has 1 aromatic carbocycles. The monoisotopic (exact) mass is 283 g/mol. The molecule has 0 bridgehead atoms. The number of rotatable bonds is 4. The van der Waals surface area contributed by atoms with Crippen LogP contribution < -0.4 is 15.0 Å². The quantitative estimate of drug-likeness (QED) is 0.935. The van der Waals surface area contributed by atoms with Crippen LogP contribution in [0.25, 0.3) is 0 Å². The van der Waals surface area contributed by atoms with Gasteiger partial charge in [0.2, 0.25) is 0 Å². The van der Waals surface area contributed by atoms with E-state index in [9.17, 15) is 0 Å². The molecule has 0 fully saturated rings. The third-order valence-electron chi connectivity index (χ3n) is 3.60. The molecule has 0 radical (unpaired) electrons. The van der Waals surface area contributed by atoms with Crippen LogP contribution in [0.5, 0.6) is 5.75 Å². The highest BCUT2D eigenvalue weighted by Crippen LogP contribution is 2.34. The normalized spacial score (nSPS) is 14.2. The minimum absolute atomic E-state index is 0.756. The fourth-order valence-electron chi connectivity index (χ4n) is 2.52. The van der Waals surface area contributed by atoms with E-state index < -0.39 is 0 Å². The topological polar surface area (TPSA) is 37.4 Å². The van der Waals surface area contributed by atoms with Crippen LogP contribution in [0.1, 0.15) is 18.9 Å². The number of hydrogen-bond acceptors (Lipinski definition) is 4. The number of hydrogen-bond donors (Lipinski definition) is 1. The van der Waals surface area contributed by atoms with Crippen molar-refractivity contribution in [3.05, 3.63) is 48.2 Å². The smallest absolute Gasteiger partial charge is 0.142 e. The van der Waals surface area contributed by atoms with E-state index in [1.807, 2.05) is 24.4 Å². The van der Waals surface area contributed by atoms with Gasteiger partial charge in [-0.15, -0.1) is 0 Å². The second kappa shape index (κ2) is 6.59. The number of aromatic nitrogens is 1. The average Bonchev–Trinajstić information content (AvgIpc) is 2.76. The average molecular weight is 283 g/mol. The van der Waals surface area contributed by atoms with Gasteiger partial charge in [0, 0.05) is 19.3 Å². The Morgan fingerprint density at radius 1 is 1.24 bits per heavy atom. The van der Waals surface area contributed by atoms with E-state index in [-0.39, 0.29) is 0 Å². The first kappa shape index (κ1) is 13.9. The van der Waals surface area contributed by atoms with Gasteiger partial charge in [0.15, 0.2) is 0 Å². The van der Waals surface area contributed by atoms with Gasteiger partial charge in [0.1, 0.15) is 11.6 Å². The summed E-state index contributed by atoms with van der Waals surface area (Å²) >= 11 is 0. The van der Waals surface area contributed by atoms with E-state index in [2.05, 4.69) is 40.3 Å². The summed E-state index contributed by atoms with van der Waals surface area (Å²) in [6, 6.07) is 12.4. The van der Waals surface area contributed by atoms with Crippen molar-refractivity contribution in [1.82, 2.24) is 10.3 Å². The van der Waals surface area contributed by atoms with Crippen LogP contribution in [-0.4, -0.2) is 24.7 Å². The Balaban J connectivity index is 1.86. The summed E-state index contributed by atoms with van der Waals surface area (Å²) in [5, 5.41) is 3.32. The predicted molar refractivity (Wildman–Crippen MR) is 85.2 cm³/mol. The molecule has 110 valence electrons. The molecule has 2 heterocycles. The maximum Gasteiger partial charge on any atom is 0.142 e. The van der Waals surface area contributed by atoms with Crippen LogP contribution in [0.15, 0.2) is 42.6 Å². The van der Waals surface area contributed by atoms with E-state index in [4.69, 9.17) is 4.74 Å². The number of pyridine rings is 1. The fraction of sp³-hybridized carbons (Fsp3) is 0.353. The largest absolute Gasteiger partial charge is 0.491 e. The number of para-hydroxylation sites is 2. The van der Waals surface area contributed by atoms with Crippen LogP contribution in [-0.2, 0) is 6.54 Å². The first-order valence-corrected chi connectivity index (χ1v) is 7.53. The van der Waals surface area contributed by atoms with E-state index in [1.165, 1.54) is 5.56 Å². The van der Waals surface area contributed by atoms with Crippen molar-refractivity contribution in [1.29, 1.82) is 0 Å². The van der Waals surface area contributed by atoms with Gasteiger partial charge in [0.25, 0.3) is 0 Å². The number of ether oxygens (including phenoxy) is 1. The Morgan fingerprint density at radius 3 is 2.95 bits per heavy atom. The molecule has 4 heteroatoms. The number of fused-ring (bicyclic) bond motifs is 1. The van der Waals surface area contributed by atoms with Gasteiger partial charge in [-0.05, 0) is 36.7 Å². The number of nitrogens with one attached hydrogen (secondary N) is 1. The van der Waals surface area contributed by atoms with Gasteiger partial charge in [0.05, 0.1) is 12.3 Å². The lowest BCUT2D eigenvalue weighted by Gasteiger charge is -2.22. The lowest BCUT2D eigenvalue weighted by molar-refractivity contribution is 0.322. The first-order valence-electron chi connectivity index (χ1n) is 7.53. The SMILES string of the molecule is CCNCc1ccc(N2CCCOc3ccccc32)nc1. The van der Waals surface area contributed by atoms with E-state index in [1.54, 1.807) is 0 Å². The van der Waals surface area contributed by atoms with Crippen LogP contribution in [0.4, 0.5) is 11.5 Å². The van der Waals surface area contributed by atoms with Gasteiger partial charge in [-0.25, -0.2) is 4.98 Å². The second-order valence-corrected chi connectivity index (χ2v) is 5.13. The third-order valence-corrected chi connectivity index (χ3v) is 3.60. The lowest BCUT2D eigenvalue weighted by Crippen LogP contribution is -2.19. The van der Waals surface area contributed by atoms with Crippen LogP contribution >= 0.6 is 0 Å². The molecule has 1 aliphatic heterocycles. The van der Waals surface area contributed by atoms with Crippen LogP contribution in [0.3, 0.4) is 0 Å². The summed E-state index contributed by atoms with van der Waals surface area (Å²) in [7, 11) is 0. The Morgan fingerprint density at radius 2 is 2.14 bits per heavy atom. The Bertz CT molecular complexity index is 583. The molecule has 0 spiro atoms. The van der Waals surface area contributed by atoms with Crippen molar-refractivity contribution in [3.8, 4) is 5.75 Å². The van der Waals surface area contributed by atoms with Gasteiger partial charge >= 0.3 is 0 Å². The predicted octanol–water partition coefficient (Wildman–Crippen LogP) is 3.11. The van der Waals surface area contributed by atoms with Crippen molar-refractivity contribution < 1.29 is 4.74 Å². The summed E-state index contributed by atoms with van der Waals surface area (Å²) in [4.78, 5) is 6.86. The van der Waals surface area contributed by atoms with E-state index in [0.717, 1.165) is 49.9 Å².